The van der Waals surface area contributed by atoms with Gasteiger partial charge in [0.2, 0.25) is 17.6 Å². The van der Waals surface area contributed by atoms with Gasteiger partial charge in [0.1, 0.15) is 6.61 Å². The maximum Gasteiger partial charge on any atom is 0.291 e. The fourth-order valence-electron chi connectivity index (χ4n) is 4.87. The van der Waals surface area contributed by atoms with Crippen molar-refractivity contribution in [2.45, 2.75) is 51.5 Å². The Balaban J connectivity index is 1.24. The molecule has 0 saturated carbocycles. The predicted molar refractivity (Wildman–Crippen MR) is 106 cm³/mol. The van der Waals surface area contributed by atoms with E-state index in [2.05, 4.69) is 17.1 Å². The molecule has 1 aromatic carbocycles. The minimum absolute atomic E-state index is 0.00536. The first-order chi connectivity index (χ1) is 14.5. The second kappa shape index (κ2) is 7.52. The summed E-state index contributed by atoms with van der Waals surface area (Å²) in [6.45, 7) is 3.80. The highest BCUT2D eigenvalue weighted by Gasteiger charge is 2.47. The zero-order chi connectivity index (χ0) is 20.8. The summed E-state index contributed by atoms with van der Waals surface area (Å²) in [5, 5.41) is 9.18. The minimum atomic E-state index is -0.335. The molecule has 1 aromatic heterocycles. The van der Waals surface area contributed by atoms with Crippen LogP contribution in [-0.2, 0) is 35.6 Å². The van der Waals surface area contributed by atoms with Crippen LogP contribution in [0.1, 0.15) is 45.3 Å². The number of hydrogen-bond donors (Lipinski definition) is 1. The van der Waals surface area contributed by atoms with Crippen LogP contribution in [-0.4, -0.2) is 63.5 Å². The molecule has 2 atom stereocenters. The molecule has 2 bridgehead atoms. The number of carbonyl (C=O) groups excluding carboxylic acids is 2. The Morgan fingerprint density at radius 1 is 1.20 bits per heavy atom. The summed E-state index contributed by atoms with van der Waals surface area (Å²) in [6.07, 6.45) is 2.06. The number of aliphatic hydroxyl groups is 1. The Kier molecular flexibility index (Phi) is 4.83. The van der Waals surface area contributed by atoms with Crippen molar-refractivity contribution in [1.82, 2.24) is 14.8 Å². The standard InChI is InChI=1S/C22H25N3O5/c1-13-21(30-19(11-26)23-13)22(28)25-10-17-8-18(25)9-24(17)20(27)7-14-2-3-16-12-29-5-4-15(16)6-14/h2-3,6,17-18,26H,4-5,7-12H2,1H3/t17-,18-/m0/s1. The van der Waals surface area contributed by atoms with Gasteiger partial charge < -0.3 is 24.1 Å². The first kappa shape index (κ1) is 19.3. The summed E-state index contributed by atoms with van der Waals surface area (Å²) in [6, 6.07) is 6.24. The predicted octanol–water partition coefficient (Wildman–Crippen LogP) is 1.22. The van der Waals surface area contributed by atoms with E-state index >= 15 is 0 Å². The first-order valence-corrected chi connectivity index (χ1v) is 10.4. The Morgan fingerprint density at radius 3 is 2.73 bits per heavy atom. The molecular formula is C22H25N3O5. The van der Waals surface area contributed by atoms with Gasteiger partial charge in [0, 0.05) is 13.1 Å². The van der Waals surface area contributed by atoms with Gasteiger partial charge in [-0.05, 0) is 36.5 Å². The quantitative estimate of drug-likeness (QED) is 0.813. The third-order valence-electron chi connectivity index (χ3n) is 6.39. The minimum Gasteiger partial charge on any atom is -0.433 e. The lowest BCUT2D eigenvalue weighted by atomic mass is 9.98. The summed E-state index contributed by atoms with van der Waals surface area (Å²) in [7, 11) is 0. The summed E-state index contributed by atoms with van der Waals surface area (Å²) >= 11 is 0. The fraction of sp³-hybridized carbons (Fsp3) is 0.500. The van der Waals surface area contributed by atoms with Crippen LogP contribution in [0, 0.1) is 6.92 Å². The Morgan fingerprint density at radius 2 is 2.00 bits per heavy atom. The van der Waals surface area contributed by atoms with E-state index in [1.165, 1.54) is 11.1 Å². The average molecular weight is 411 g/mol. The SMILES string of the molecule is Cc1nc(CO)oc1C(=O)N1C[C@@H]2C[C@H]1CN2C(=O)Cc1ccc2c(c1)CCOC2. The van der Waals surface area contributed by atoms with Gasteiger partial charge in [-0.3, -0.25) is 9.59 Å². The van der Waals surface area contributed by atoms with Crippen molar-refractivity contribution in [2.24, 2.45) is 0 Å². The molecule has 1 N–H and O–H groups in total. The first-order valence-electron chi connectivity index (χ1n) is 10.4. The number of rotatable bonds is 4. The van der Waals surface area contributed by atoms with E-state index in [1.807, 2.05) is 11.0 Å². The van der Waals surface area contributed by atoms with E-state index in [0.29, 0.717) is 31.8 Å². The van der Waals surface area contributed by atoms with Crippen molar-refractivity contribution in [2.75, 3.05) is 19.7 Å². The van der Waals surface area contributed by atoms with Gasteiger partial charge in [-0.25, -0.2) is 4.98 Å². The van der Waals surface area contributed by atoms with E-state index in [4.69, 9.17) is 9.15 Å². The normalized spacial score (nSPS) is 22.5. The lowest BCUT2D eigenvalue weighted by molar-refractivity contribution is -0.132. The number of aryl methyl sites for hydroxylation is 1. The van der Waals surface area contributed by atoms with Crippen LogP contribution >= 0.6 is 0 Å². The van der Waals surface area contributed by atoms with E-state index in [1.54, 1.807) is 11.8 Å². The Hall–Kier alpha value is -2.71. The lowest BCUT2D eigenvalue weighted by Gasteiger charge is -2.34. The number of carbonyl (C=O) groups is 2. The summed E-state index contributed by atoms with van der Waals surface area (Å²) in [5.41, 5.74) is 4.00. The summed E-state index contributed by atoms with van der Waals surface area (Å²) in [5.74, 6) is 0.229. The molecule has 8 nitrogen and oxygen atoms in total. The highest BCUT2D eigenvalue weighted by Crippen LogP contribution is 2.33. The number of oxazole rings is 1. The van der Waals surface area contributed by atoms with Crippen LogP contribution < -0.4 is 0 Å². The molecule has 3 aliphatic heterocycles. The molecule has 158 valence electrons. The molecule has 0 spiro atoms. The molecule has 4 heterocycles. The molecule has 2 aromatic rings. The second-order valence-corrected chi connectivity index (χ2v) is 8.31. The van der Waals surface area contributed by atoms with Crippen molar-refractivity contribution >= 4 is 11.8 Å². The monoisotopic (exact) mass is 411 g/mol. The van der Waals surface area contributed by atoms with E-state index in [-0.39, 0.29) is 42.2 Å². The van der Waals surface area contributed by atoms with Crippen molar-refractivity contribution in [1.29, 1.82) is 0 Å². The fourth-order valence-corrected chi connectivity index (χ4v) is 4.87. The molecule has 30 heavy (non-hydrogen) atoms. The Bertz CT molecular complexity index is 1000. The van der Waals surface area contributed by atoms with E-state index in [0.717, 1.165) is 25.0 Å². The van der Waals surface area contributed by atoms with Crippen LogP contribution in [0.25, 0.3) is 0 Å². The number of likely N-dealkylation sites (tertiary alicyclic amines) is 2. The number of piperazine rings is 1. The molecule has 5 rings (SSSR count). The number of aliphatic hydroxyl groups excluding tert-OH is 1. The largest absolute Gasteiger partial charge is 0.433 e. The smallest absolute Gasteiger partial charge is 0.291 e. The van der Waals surface area contributed by atoms with Crippen molar-refractivity contribution in [3.63, 3.8) is 0 Å². The highest BCUT2D eigenvalue weighted by atomic mass is 16.5. The van der Waals surface area contributed by atoms with Gasteiger partial charge in [0.05, 0.1) is 37.4 Å². The van der Waals surface area contributed by atoms with Gasteiger partial charge in [0.25, 0.3) is 5.91 Å². The Labute approximate surface area is 174 Å². The topological polar surface area (TPSA) is 96.1 Å². The molecule has 3 aliphatic rings. The molecule has 2 fully saturated rings. The van der Waals surface area contributed by atoms with Crippen LogP contribution in [0.3, 0.4) is 0 Å². The third-order valence-corrected chi connectivity index (χ3v) is 6.39. The third kappa shape index (κ3) is 3.30. The number of amides is 2. The molecule has 8 heteroatoms. The molecule has 0 aliphatic carbocycles. The second-order valence-electron chi connectivity index (χ2n) is 8.31. The molecule has 0 radical (unpaired) electrons. The van der Waals surface area contributed by atoms with Gasteiger partial charge in [-0.2, -0.15) is 0 Å². The lowest BCUT2D eigenvalue weighted by Crippen LogP contribution is -2.51. The van der Waals surface area contributed by atoms with Crippen molar-refractivity contribution in [3.8, 4) is 0 Å². The van der Waals surface area contributed by atoms with E-state index in [9.17, 15) is 14.7 Å². The van der Waals surface area contributed by atoms with E-state index < -0.39 is 0 Å². The van der Waals surface area contributed by atoms with Gasteiger partial charge in [-0.1, -0.05) is 18.2 Å². The number of fused-ring (bicyclic) bond motifs is 3. The van der Waals surface area contributed by atoms with Crippen LogP contribution in [0.4, 0.5) is 0 Å². The van der Waals surface area contributed by atoms with Gasteiger partial charge in [0.15, 0.2) is 0 Å². The maximum atomic E-state index is 13.0. The number of ether oxygens (including phenoxy) is 1. The summed E-state index contributed by atoms with van der Waals surface area (Å²) < 4.78 is 10.9. The molecular weight excluding hydrogens is 386 g/mol. The maximum absolute atomic E-state index is 13.0. The number of hydrogen-bond acceptors (Lipinski definition) is 6. The van der Waals surface area contributed by atoms with Gasteiger partial charge in [-0.15, -0.1) is 0 Å². The number of aromatic nitrogens is 1. The van der Waals surface area contributed by atoms with Crippen molar-refractivity contribution in [3.05, 3.63) is 52.2 Å². The van der Waals surface area contributed by atoms with Crippen LogP contribution in [0.5, 0.6) is 0 Å². The average Bonchev–Trinajstić information content (AvgIpc) is 3.47. The highest BCUT2D eigenvalue weighted by molar-refractivity contribution is 5.93. The number of benzene rings is 1. The molecule has 2 saturated heterocycles. The van der Waals surface area contributed by atoms with Crippen LogP contribution in [0.15, 0.2) is 22.6 Å². The zero-order valence-electron chi connectivity index (χ0n) is 17.0. The van der Waals surface area contributed by atoms with Crippen LogP contribution in [0.2, 0.25) is 0 Å². The number of nitrogens with zero attached hydrogens (tertiary/aromatic N) is 3. The zero-order valence-corrected chi connectivity index (χ0v) is 17.0. The molecule has 2 amide bonds. The molecule has 0 unspecified atom stereocenters. The van der Waals surface area contributed by atoms with Crippen molar-refractivity contribution < 1.29 is 23.8 Å². The van der Waals surface area contributed by atoms with Gasteiger partial charge >= 0.3 is 0 Å². The summed E-state index contributed by atoms with van der Waals surface area (Å²) in [4.78, 5) is 33.6.